The topological polar surface area (TPSA) is 635 Å². The van der Waals surface area contributed by atoms with Crippen molar-refractivity contribution in [3.8, 4) is 0 Å². The minimum atomic E-state index is -1.64. The van der Waals surface area contributed by atoms with Crippen molar-refractivity contribution >= 4 is 174 Å². The number of nitro benzene ring substituents is 2. The van der Waals surface area contributed by atoms with E-state index in [-0.39, 0.29) is 318 Å². The van der Waals surface area contributed by atoms with Gasteiger partial charge in [0.2, 0.25) is 35.4 Å². The minimum absolute atomic E-state index is 0. The van der Waals surface area contributed by atoms with Crippen molar-refractivity contribution < 1.29 is 316 Å². The van der Waals surface area contributed by atoms with Crippen LogP contribution >= 0.6 is 27.5 Å². The SMILES string of the molecule is C=CCBr.C=CCN1C(=O)C(CC(=O)OCC)(CC(=O)OCC)c2cc(N)ccc21.C=CCN1C(=O)C(CC(=O)OCC)(CC(=O)OCC)c2cc([N+](=O)[O-])ccc21.CC(=O)N1C(=O)Cc2ccccc21.CCOC(=O)CC1(CC(=O)OCC)C(=O)Nc2ccc([N+](=O)[O-])cc21.CCOC(=O)CC1(CC(=O)OCC)C(=O)Nc2ccccc21.CCOC(=O)CCl.O=C1CCCCC/C1=C/O.O=CO[O-].O=[N+]([O-])O.[Cs+].[Cs+].[Fe].[H-]. The summed E-state index contributed by atoms with van der Waals surface area (Å²) in [5, 5.41) is 59.2. The number of imide groups is 1. The van der Waals surface area contributed by atoms with Crippen LogP contribution in [0, 0.1) is 30.3 Å². The normalized spacial score (nSPS) is 14.0. The third-order valence-electron chi connectivity index (χ3n) is 20.9. The maximum absolute atomic E-state index is 13.3. The maximum Gasteiger partial charge on any atom is 1.00 e. The van der Waals surface area contributed by atoms with Crippen LogP contribution in [0.15, 0.2) is 153 Å². The fraction of sp³-hybridized carbons (Fsp3) is 0.427. The number of anilines is 6. The van der Waals surface area contributed by atoms with E-state index in [2.05, 4.69) is 55.9 Å². The molecule has 1 aliphatic carbocycles. The molecular formula is C96H119BrClCs2FeN9O36. The summed E-state index contributed by atoms with van der Waals surface area (Å²) in [7, 11) is 0. The van der Waals surface area contributed by atoms with Crippen LogP contribution in [0.25, 0.3) is 0 Å². The molecule has 5 aromatic carbocycles. The Morgan fingerprint density at radius 2 is 0.815 bits per heavy atom. The number of Topliss-reactive ketones (excluding diaryl/α,β-unsaturated/α-hetero) is 1. The second-order valence-electron chi connectivity index (χ2n) is 30.3. The molecule has 146 heavy (non-hydrogen) atoms. The summed E-state index contributed by atoms with van der Waals surface area (Å²) in [5.41, 5.74) is 5.78. The fourth-order valence-electron chi connectivity index (χ4n) is 15.2. The number of non-ortho nitro benzene ring substituents is 2. The predicted molar refractivity (Wildman–Crippen MR) is 518 cm³/mol. The number of nitrogens with zero attached hydrogens (tertiary/aromatic N) is 6. The fourth-order valence-corrected chi connectivity index (χ4v) is 15.3. The smallest absolute Gasteiger partial charge is 1.00 e. The van der Waals surface area contributed by atoms with Gasteiger partial charge in [-0.3, -0.25) is 107 Å². The first-order chi connectivity index (χ1) is 68.0. The number of alkyl halides is 2. The van der Waals surface area contributed by atoms with E-state index in [1.54, 1.807) is 123 Å². The summed E-state index contributed by atoms with van der Waals surface area (Å²) in [4.78, 5) is 237. The van der Waals surface area contributed by atoms with Crippen molar-refractivity contribution in [2.24, 2.45) is 0 Å². The number of halogens is 2. The summed E-state index contributed by atoms with van der Waals surface area (Å²) >= 11 is 8.19. The number of allylic oxidation sites excluding steroid dienone is 2. The summed E-state index contributed by atoms with van der Waals surface area (Å²) in [6.45, 7) is 28.9. The van der Waals surface area contributed by atoms with Gasteiger partial charge in [0.25, 0.3) is 22.9 Å². The van der Waals surface area contributed by atoms with E-state index in [1.807, 2.05) is 18.2 Å². The van der Waals surface area contributed by atoms with Gasteiger partial charge in [0.15, 0.2) is 5.78 Å². The van der Waals surface area contributed by atoms with E-state index < -0.39 is 122 Å². The average molecular weight is 2410 g/mol. The van der Waals surface area contributed by atoms with Gasteiger partial charge < -0.3 is 90.7 Å². The van der Waals surface area contributed by atoms with E-state index >= 15 is 0 Å². The van der Waals surface area contributed by atoms with Gasteiger partial charge in [-0.25, -0.2) is 0 Å². The van der Waals surface area contributed by atoms with Crippen LogP contribution in [-0.2, 0) is 174 Å². The van der Waals surface area contributed by atoms with Crippen molar-refractivity contribution in [1.29, 1.82) is 0 Å². The number of rotatable bonds is 34. The second-order valence-corrected chi connectivity index (χ2v) is 31.2. The molecule has 1 saturated carbocycles. The van der Waals surface area contributed by atoms with Crippen LogP contribution in [0.5, 0.6) is 0 Å². The molecule has 1 fully saturated rings. The third-order valence-corrected chi connectivity index (χ3v) is 21.5. The van der Waals surface area contributed by atoms with Gasteiger partial charge in [-0.05, 0) is 152 Å². The summed E-state index contributed by atoms with van der Waals surface area (Å²) in [6, 6.07) is 27.2. The van der Waals surface area contributed by atoms with Crippen LogP contribution in [-0.4, -0.2) is 210 Å². The summed E-state index contributed by atoms with van der Waals surface area (Å²) < 4.78 is 44.2. The molecule has 6 amide bonds. The molecule has 11 rings (SSSR count). The zero-order valence-corrected chi connectivity index (χ0v) is 99.1. The number of nitrogens with one attached hydrogen (secondary N) is 2. The molecule has 5 aromatic rings. The number of carbonyl (C=O) groups excluding carboxylic acids is 17. The Balaban J connectivity index is -0.00000165. The molecule has 5 aliphatic heterocycles. The Morgan fingerprint density at radius 1 is 0.486 bits per heavy atom. The average Bonchev–Trinajstić information content (AvgIpc) is 1.58. The van der Waals surface area contributed by atoms with E-state index in [0.29, 0.717) is 64.6 Å². The van der Waals surface area contributed by atoms with Crippen molar-refractivity contribution in [3.05, 3.63) is 211 Å². The number of hydrogen-bond donors (Lipinski definition) is 5. The molecule has 5 heterocycles. The number of ether oxygens (including phenoxy) is 9. The molecule has 0 bridgehead atoms. The van der Waals surface area contributed by atoms with Gasteiger partial charge >= 0.3 is 192 Å². The van der Waals surface area contributed by atoms with E-state index in [0.717, 1.165) is 48.5 Å². The Morgan fingerprint density at radius 3 is 1.16 bits per heavy atom. The van der Waals surface area contributed by atoms with Gasteiger partial charge in [0, 0.05) is 107 Å². The van der Waals surface area contributed by atoms with Crippen molar-refractivity contribution in [3.63, 3.8) is 0 Å². The van der Waals surface area contributed by atoms with Crippen LogP contribution in [0.1, 0.15) is 182 Å². The predicted octanol–water partition coefficient (Wildman–Crippen LogP) is 5.34. The van der Waals surface area contributed by atoms with Crippen LogP contribution in [0.2, 0.25) is 0 Å². The van der Waals surface area contributed by atoms with E-state index in [1.165, 1.54) is 64.1 Å². The van der Waals surface area contributed by atoms with Crippen molar-refractivity contribution in [2.45, 2.75) is 181 Å². The van der Waals surface area contributed by atoms with Crippen LogP contribution in [0.3, 0.4) is 0 Å². The number of nitrogens with two attached hydrogens (primary N) is 1. The largest absolute Gasteiger partial charge is 1.00 e. The monoisotopic (exact) mass is 2410 g/mol. The van der Waals surface area contributed by atoms with E-state index in [4.69, 9.17) is 85.7 Å². The number of hydrogen-bond acceptors (Lipinski definition) is 36. The van der Waals surface area contributed by atoms with Crippen molar-refractivity contribution in [2.75, 3.05) is 115 Å². The van der Waals surface area contributed by atoms with Crippen LogP contribution in [0.4, 0.5) is 45.5 Å². The van der Waals surface area contributed by atoms with Gasteiger partial charge in [-0.2, -0.15) is 0 Å². The van der Waals surface area contributed by atoms with Gasteiger partial charge in [0.1, 0.15) is 5.88 Å². The molecule has 788 valence electrons. The number of esters is 9. The number of aliphatic hydroxyl groups is 1. The molecule has 45 nitrogen and oxygen atoms in total. The van der Waals surface area contributed by atoms with Crippen molar-refractivity contribution in [1.82, 2.24) is 0 Å². The quantitative estimate of drug-likeness (QED) is 0.00277. The summed E-state index contributed by atoms with van der Waals surface area (Å²) in [5.74, 6) is -7.35. The first kappa shape index (κ1) is 137. The Labute approximate surface area is 985 Å². The molecule has 50 heteroatoms. The number of amides is 6. The first-order valence-electron chi connectivity index (χ1n) is 44.5. The number of aliphatic hydroxyl groups excluding tert-OH is 1. The molecule has 0 saturated heterocycles. The molecule has 0 spiro atoms. The zero-order chi connectivity index (χ0) is 108. The van der Waals surface area contributed by atoms with E-state index in [9.17, 15) is 96.9 Å². The van der Waals surface area contributed by atoms with Gasteiger partial charge in [0.05, 0.1) is 161 Å². The molecular weight excluding hydrogens is 2290 g/mol. The Kier molecular flexibility index (Phi) is 67.7. The number of ketones is 1. The van der Waals surface area contributed by atoms with Gasteiger partial charge in [-0.1, -0.05) is 77.0 Å². The minimum Gasteiger partial charge on any atom is -1.00 e. The Bertz CT molecular complexity index is 5330. The first-order valence-corrected chi connectivity index (χ1v) is 46.2. The molecule has 0 radical (unpaired) electrons. The zero-order valence-electron chi connectivity index (χ0n) is 84.1. The maximum atomic E-state index is 13.3. The van der Waals surface area contributed by atoms with Crippen LogP contribution < -0.4 is 174 Å². The number of para-hydroxylation sites is 2. The second kappa shape index (κ2) is 71.9. The standard InChI is InChI=1S/C19H22N2O7.C19H24N2O5.C16H18N2O7.C16H19NO5.C10H9NO2.C8H12O2.C4H7ClO2.C3H5Br.CH2O3.2Cs.Fe.HNO3.H/c1-4-9-20-15-8-7-13(21(25)26)10-14(15)19(18(20)24,11-16(22)27-5-2)12-17(23)28-6-3;1-4-9-21-15-8-7-13(20)10-14(15)19(18(21)24,11-16(22)25-5-2)12-17(23)26-6-3;1-3-24-13(19)8-16(9-14(20)25-4-2)11-7-10(18(22)23)5-6-12(11)17-15(16)21;1-3-21-13(18)9-16(10-14(19)22-4-2)11-7-5-6-8-12(11)17-15(16)20;1-7(12)11-9-5-3-2-4-8(9)6-10(11)13;9-6-7-4-2-1-3-5-8(7)10;1-2-7-4(6)3-5;1-2-3-4;2-1-4-3;;;;2-1(3)4;/h4,7-8,10H,1,5-6,9,11-12H2,2-3H3;4,7-8,10H,1,5-6,9,11-12,20H2,2-3H3;5-7H,3-4,8-9H2,1-2H3,(H,17,21);5-8H,3-4,9-10H2,1-2H3,(H,17,20);2-5H,6H2,1H3;6,9H,1-5H2;2-3H2,1H3;2H,1,3H2;1,3H;;;;(H,2,3,4);/q;;;;;;;;;2*+1;;;-1/p-1/b;;;;;7-6-;;;;;;;;. The molecule has 0 aromatic heterocycles. The van der Waals surface area contributed by atoms with Gasteiger partial charge in [-0.15, -0.1) is 41.5 Å². The molecule has 6 aliphatic rings. The number of benzene rings is 5. The molecule has 0 unspecified atom stereocenters. The number of nitro groups is 2. The molecule has 0 atom stereocenters. The third kappa shape index (κ3) is 41.5. The number of carbonyl (C=O) groups is 17. The number of fused-ring (bicyclic) bond motifs is 5. The number of nitrogen functional groups attached to an aromatic ring is 1. The molecule has 6 N–H and O–H groups in total. The summed E-state index contributed by atoms with van der Waals surface area (Å²) in [6.07, 6.45) is 8.09. The Hall–Kier alpha value is -10.6.